The molecule has 0 atom stereocenters. The molecule has 0 spiro atoms. The molecule has 3 rings (SSSR count). The molecular weight excluding hydrogens is 284 g/mol. The molecule has 0 bridgehead atoms. The van der Waals surface area contributed by atoms with Crippen molar-refractivity contribution in [1.29, 1.82) is 0 Å². The summed E-state index contributed by atoms with van der Waals surface area (Å²) in [5.74, 6) is 0. The molecule has 21 heavy (non-hydrogen) atoms. The van der Waals surface area contributed by atoms with Crippen LogP contribution in [-0.4, -0.2) is 15.0 Å². The first-order chi connectivity index (χ1) is 10.0. The maximum absolute atomic E-state index is 11.5. The Morgan fingerprint density at radius 2 is 1.86 bits per heavy atom. The van der Waals surface area contributed by atoms with Crippen molar-refractivity contribution in [3.05, 3.63) is 52.1 Å². The third kappa shape index (κ3) is 2.90. The van der Waals surface area contributed by atoms with Crippen molar-refractivity contribution in [1.82, 2.24) is 15.0 Å². The number of aromatic nitrogens is 3. The Hall–Kier alpha value is -2.34. The van der Waals surface area contributed by atoms with E-state index in [0.29, 0.717) is 16.5 Å². The molecule has 3 N–H and O–H groups in total. The highest BCUT2D eigenvalue weighted by atomic mass is 32.2. The second kappa shape index (κ2) is 5.21. The molecule has 0 amide bonds. The summed E-state index contributed by atoms with van der Waals surface area (Å²) in [7, 11) is 0. The Balaban J connectivity index is 2.15. The normalized spacial score (nSPS) is 11.0. The highest BCUT2D eigenvalue weighted by Crippen LogP contribution is 2.32. The van der Waals surface area contributed by atoms with E-state index >= 15 is 0 Å². The van der Waals surface area contributed by atoms with E-state index in [2.05, 4.69) is 15.0 Å². The fraction of sp³-hybridized carbons (Fsp3) is 0.133. The van der Waals surface area contributed by atoms with Crippen molar-refractivity contribution in [3.8, 4) is 0 Å². The third-order valence-electron chi connectivity index (χ3n) is 2.98. The maximum atomic E-state index is 11.5. The smallest absolute Gasteiger partial charge is 0.251 e. The van der Waals surface area contributed by atoms with Crippen molar-refractivity contribution < 1.29 is 0 Å². The average Bonchev–Trinajstić information content (AvgIpc) is 2.38. The molecular formula is C15H14N4OS. The molecule has 2 heterocycles. The summed E-state index contributed by atoms with van der Waals surface area (Å²) in [5.41, 5.74) is 8.86. The number of aryl methyl sites for hydroxylation is 2. The molecule has 2 aromatic heterocycles. The second-order valence-corrected chi connectivity index (χ2v) is 5.86. The Labute approximate surface area is 125 Å². The average molecular weight is 298 g/mol. The van der Waals surface area contributed by atoms with E-state index in [9.17, 15) is 4.79 Å². The van der Waals surface area contributed by atoms with Crippen LogP contribution in [0.25, 0.3) is 10.9 Å². The number of nitrogens with two attached hydrogens (primary N) is 1. The van der Waals surface area contributed by atoms with Gasteiger partial charge in [0.15, 0.2) is 5.16 Å². The topological polar surface area (TPSA) is 84.7 Å². The summed E-state index contributed by atoms with van der Waals surface area (Å²) < 4.78 is 0. The van der Waals surface area contributed by atoms with E-state index in [1.165, 1.54) is 17.8 Å². The van der Waals surface area contributed by atoms with Gasteiger partial charge in [-0.05, 0) is 38.1 Å². The van der Waals surface area contributed by atoms with Crippen molar-refractivity contribution >= 4 is 28.4 Å². The number of pyridine rings is 1. The van der Waals surface area contributed by atoms with Gasteiger partial charge in [-0.1, -0.05) is 11.8 Å². The zero-order valence-corrected chi connectivity index (χ0v) is 12.5. The molecule has 1 aromatic carbocycles. The van der Waals surface area contributed by atoms with Crippen molar-refractivity contribution in [2.24, 2.45) is 0 Å². The first kappa shape index (κ1) is 13.6. The minimum atomic E-state index is -0.153. The molecule has 106 valence electrons. The molecule has 0 radical (unpaired) electrons. The molecule has 0 aliphatic carbocycles. The van der Waals surface area contributed by atoms with Crippen molar-refractivity contribution in [3.63, 3.8) is 0 Å². The van der Waals surface area contributed by atoms with Gasteiger partial charge >= 0.3 is 0 Å². The number of rotatable bonds is 2. The second-order valence-electron chi connectivity index (χ2n) is 4.83. The van der Waals surface area contributed by atoms with E-state index in [1.807, 2.05) is 31.2 Å². The maximum Gasteiger partial charge on any atom is 0.251 e. The number of hydrogen-bond donors (Lipinski definition) is 2. The van der Waals surface area contributed by atoms with E-state index in [4.69, 9.17) is 5.73 Å². The number of benzene rings is 1. The highest BCUT2D eigenvalue weighted by molar-refractivity contribution is 7.99. The zero-order valence-electron chi connectivity index (χ0n) is 11.7. The minimum absolute atomic E-state index is 0.153. The van der Waals surface area contributed by atoms with Crippen LogP contribution in [-0.2, 0) is 0 Å². The fourth-order valence-electron chi connectivity index (χ4n) is 2.13. The summed E-state index contributed by atoms with van der Waals surface area (Å²) in [6.07, 6.45) is 0. The third-order valence-corrected chi connectivity index (χ3v) is 3.92. The van der Waals surface area contributed by atoms with E-state index in [0.717, 1.165) is 21.5 Å². The Morgan fingerprint density at radius 3 is 2.62 bits per heavy atom. The van der Waals surface area contributed by atoms with Crippen LogP contribution < -0.4 is 11.3 Å². The lowest BCUT2D eigenvalue weighted by atomic mass is 10.2. The van der Waals surface area contributed by atoms with Gasteiger partial charge < -0.3 is 10.7 Å². The number of fused-ring (bicyclic) bond motifs is 1. The number of nitrogens with zero attached hydrogens (tertiary/aromatic N) is 2. The quantitative estimate of drug-likeness (QED) is 0.561. The predicted octanol–water partition coefficient (Wildman–Crippen LogP) is 2.67. The first-order valence-corrected chi connectivity index (χ1v) is 7.25. The van der Waals surface area contributed by atoms with E-state index in [-0.39, 0.29) is 5.56 Å². The number of nitrogens with one attached hydrogen (secondary N) is 1. The van der Waals surface area contributed by atoms with Crippen LogP contribution in [0, 0.1) is 13.8 Å². The molecule has 0 saturated carbocycles. The summed E-state index contributed by atoms with van der Waals surface area (Å²) in [4.78, 5) is 24.1. The fourth-order valence-corrected chi connectivity index (χ4v) is 3.18. The lowest BCUT2D eigenvalue weighted by molar-refractivity contribution is 0.905. The molecule has 0 unspecified atom stereocenters. The highest BCUT2D eigenvalue weighted by Gasteiger charge is 2.08. The van der Waals surface area contributed by atoms with Crippen LogP contribution in [0.15, 0.2) is 45.2 Å². The molecule has 0 fully saturated rings. The standard InChI is InChI=1S/C15H14N4OS/c1-8-5-13(11-7-10(16)3-4-12(11)17-8)21-15-18-9(2)6-14(20)19-15/h3-7H,16H2,1-2H3,(H,18,19,20). The van der Waals surface area contributed by atoms with Crippen LogP contribution in [0.1, 0.15) is 11.4 Å². The molecule has 3 aromatic rings. The van der Waals surface area contributed by atoms with Gasteiger partial charge in [0.1, 0.15) is 0 Å². The number of anilines is 1. The van der Waals surface area contributed by atoms with Gasteiger partial charge in [0.05, 0.1) is 5.52 Å². The lowest BCUT2D eigenvalue weighted by Crippen LogP contribution is -2.07. The Kier molecular flexibility index (Phi) is 3.39. The number of aromatic amines is 1. The van der Waals surface area contributed by atoms with Gasteiger partial charge in [-0.15, -0.1) is 0 Å². The van der Waals surface area contributed by atoms with Crippen LogP contribution in [0.3, 0.4) is 0 Å². The van der Waals surface area contributed by atoms with Gasteiger partial charge in [0, 0.05) is 33.4 Å². The van der Waals surface area contributed by atoms with Gasteiger partial charge in [-0.2, -0.15) is 0 Å². The van der Waals surface area contributed by atoms with Crippen LogP contribution in [0.4, 0.5) is 5.69 Å². The largest absolute Gasteiger partial charge is 0.399 e. The van der Waals surface area contributed by atoms with Crippen molar-refractivity contribution in [2.75, 3.05) is 5.73 Å². The molecule has 0 aliphatic rings. The Morgan fingerprint density at radius 1 is 1.10 bits per heavy atom. The molecule has 0 saturated heterocycles. The number of H-pyrrole nitrogens is 1. The molecule has 6 heteroatoms. The van der Waals surface area contributed by atoms with E-state index in [1.54, 1.807) is 6.92 Å². The minimum Gasteiger partial charge on any atom is -0.399 e. The van der Waals surface area contributed by atoms with Crippen LogP contribution in [0.5, 0.6) is 0 Å². The van der Waals surface area contributed by atoms with Gasteiger partial charge in [-0.3, -0.25) is 9.78 Å². The zero-order chi connectivity index (χ0) is 15.0. The summed E-state index contributed by atoms with van der Waals surface area (Å²) in [6, 6.07) is 9.05. The van der Waals surface area contributed by atoms with E-state index < -0.39 is 0 Å². The Bertz CT molecular complexity index is 888. The molecule has 0 aliphatic heterocycles. The van der Waals surface area contributed by atoms with Crippen LogP contribution >= 0.6 is 11.8 Å². The van der Waals surface area contributed by atoms with Crippen molar-refractivity contribution in [2.45, 2.75) is 23.9 Å². The monoisotopic (exact) mass is 298 g/mol. The lowest BCUT2D eigenvalue weighted by Gasteiger charge is -2.08. The van der Waals surface area contributed by atoms with Gasteiger partial charge in [0.2, 0.25) is 0 Å². The van der Waals surface area contributed by atoms with Gasteiger partial charge in [0.25, 0.3) is 5.56 Å². The first-order valence-electron chi connectivity index (χ1n) is 6.44. The van der Waals surface area contributed by atoms with Gasteiger partial charge in [-0.25, -0.2) is 4.98 Å². The SMILES string of the molecule is Cc1cc(=O)[nH]c(Sc2cc(C)nc3ccc(N)cc23)n1. The predicted molar refractivity (Wildman–Crippen MR) is 84.6 cm³/mol. The number of hydrogen-bond acceptors (Lipinski definition) is 5. The number of nitrogen functional groups attached to an aromatic ring is 1. The molecule has 5 nitrogen and oxygen atoms in total. The summed E-state index contributed by atoms with van der Waals surface area (Å²) in [6.45, 7) is 3.74. The summed E-state index contributed by atoms with van der Waals surface area (Å²) >= 11 is 1.41. The van der Waals surface area contributed by atoms with Crippen LogP contribution in [0.2, 0.25) is 0 Å². The summed E-state index contributed by atoms with van der Waals surface area (Å²) in [5, 5.41) is 1.52.